The third-order valence-electron chi connectivity index (χ3n) is 4.23. The molecule has 2 aromatic rings. The molecule has 0 unspecified atom stereocenters. The second-order valence-electron chi connectivity index (χ2n) is 6.05. The number of thiophene rings is 1. The zero-order chi connectivity index (χ0) is 17.4. The Hall–Kier alpha value is -1.64. The van der Waals surface area contributed by atoms with Gasteiger partial charge in [-0.05, 0) is 23.6 Å². The highest BCUT2D eigenvalue weighted by Crippen LogP contribution is 2.40. The molecule has 2 saturated heterocycles. The number of carbonyl (C=O) groups excluding carboxylic acids is 1. The average Bonchev–Trinajstić information content (AvgIpc) is 3.23. The van der Waals surface area contributed by atoms with Gasteiger partial charge in [-0.1, -0.05) is 36.0 Å². The summed E-state index contributed by atoms with van der Waals surface area (Å²) >= 11 is 2.94. The first kappa shape index (κ1) is 16.8. The van der Waals surface area contributed by atoms with Crippen LogP contribution in [0.1, 0.15) is 4.88 Å². The van der Waals surface area contributed by atoms with Crippen molar-refractivity contribution in [1.82, 2.24) is 0 Å². The van der Waals surface area contributed by atoms with Crippen LogP contribution in [0.25, 0.3) is 0 Å². The summed E-state index contributed by atoms with van der Waals surface area (Å²) in [7, 11) is -3.04. The van der Waals surface area contributed by atoms with Crippen molar-refractivity contribution >= 4 is 49.7 Å². The fraction of sp³-hybridized carbons (Fsp3) is 0.294. The molecule has 1 aromatic heterocycles. The van der Waals surface area contributed by atoms with E-state index in [1.165, 1.54) is 23.1 Å². The largest absolute Gasteiger partial charge is 0.316 e. The standard InChI is InChI=1S/C17H16N2O3S3/c20-16(9-13-7-4-8-23-13)18-17-19(12-5-2-1-3-6-12)14-10-25(21,22)11-15(14)24-17/h1-8,14-15H,9-11H2/t14-,15+/m0/s1. The van der Waals surface area contributed by atoms with E-state index in [9.17, 15) is 13.2 Å². The molecule has 3 heterocycles. The molecule has 0 aliphatic carbocycles. The third-order valence-corrected chi connectivity index (χ3v) is 8.31. The monoisotopic (exact) mass is 392 g/mol. The number of anilines is 1. The Bertz CT molecular complexity index is 908. The number of nitrogens with zero attached hydrogens (tertiary/aromatic N) is 2. The van der Waals surface area contributed by atoms with Gasteiger partial charge in [0.1, 0.15) is 0 Å². The first-order valence-electron chi connectivity index (χ1n) is 7.87. The molecule has 1 amide bonds. The molecule has 0 radical (unpaired) electrons. The van der Waals surface area contributed by atoms with E-state index in [0.29, 0.717) is 5.17 Å². The molecule has 4 rings (SSSR count). The van der Waals surface area contributed by atoms with E-state index >= 15 is 0 Å². The van der Waals surface area contributed by atoms with Crippen LogP contribution >= 0.6 is 23.1 Å². The average molecular weight is 393 g/mol. The van der Waals surface area contributed by atoms with E-state index in [4.69, 9.17) is 0 Å². The molecule has 1 aromatic carbocycles. The fourth-order valence-corrected chi connectivity index (χ4v) is 7.79. The third kappa shape index (κ3) is 3.51. The summed E-state index contributed by atoms with van der Waals surface area (Å²) in [6, 6.07) is 13.2. The minimum atomic E-state index is -3.04. The molecule has 2 aliphatic rings. The molecule has 0 saturated carbocycles. The maximum Gasteiger partial charge on any atom is 0.253 e. The van der Waals surface area contributed by atoms with Crippen LogP contribution in [0.4, 0.5) is 5.69 Å². The van der Waals surface area contributed by atoms with Crippen LogP contribution in [0, 0.1) is 0 Å². The van der Waals surface area contributed by atoms with Gasteiger partial charge in [-0.2, -0.15) is 4.99 Å². The molecule has 8 heteroatoms. The molecule has 0 bridgehead atoms. The lowest BCUT2D eigenvalue weighted by Gasteiger charge is -2.24. The Balaban J connectivity index is 1.64. The summed E-state index contributed by atoms with van der Waals surface area (Å²) in [6.07, 6.45) is 0.276. The number of rotatable bonds is 3. The SMILES string of the molecule is O=C(Cc1cccs1)N=C1S[C@@H]2CS(=O)(=O)C[C@@H]2N1c1ccccc1. The summed E-state index contributed by atoms with van der Waals surface area (Å²) in [5.74, 6) is 0.0512. The normalized spacial score (nSPS) is 26.1. The summed E-state index contributed by atoms with van der Waals surface area (Å²) < 4.78 is 24.0. The van der Waals surface area contributed by atoms with Gasteiger partial charge in [0.2, 0.25) is 0 Å². The maximum atomic E-state index is 12.4. The quantitative estimate of drug-likeness (QED) is 0.803. The van der Waals surface area contributed by atoms with Crippen LogP contribution in [0.15, 0.2) is 52.8 Å². The molecule has 0 spiro atoms. The van der Waals surface area contributed by atoms with Crippen molar-refractivity contribution in [2.45, 2.75) is 17.7 Å². The smallest absolute Gasteiger partial charge is 0.253 e. The number of hydrogen-bond donors (Lipinski definition) is 0. The van der Waals surface area contributed by atoms with Gasteiger partial charge in [0, 0.05) is 15.8 Å². The minimum Gasteiger partial charge on any atom is -0.316 e. The maximum absolute atomic E-state index is 12.4. The highest BCUT2D eigenvalue weighted by atomic mass is 32.2. The number of hydrogen-bond acceptors (Lipinski definition) is 5. The molecule has 130 valence electrons. The highest BCUT2D eigenvalue weighted by molar-refractivity contribution is 8.16. The predicted octanol–water partition coefficient (Wildman–Crippen LogP) is 2.59. The first-order chi connectivity index (χ1) is 12.0. The summed E-state index contributed by atoms with van der Waals surface area (Å²) in [5, 5.41) is 2.47. The molecular formula is C17H16N2O3S3. The van der Waals surface area contributed by atoms with Gasteiger partial charge >= 0.3 is 0 Å². The number of carbonyl (C=O) groups is 1. The van der Waals surface area contributed by atoms with Crippen LogP contribution in [-0.2, 0) is 21.1 Å². The van der Waals surface area contributed by atoms with Crippen LogP contribution in [0.5, 0.6) is 0 Å². The van der Waals surface area contributed by atoms with Crippen molar-refractivity contribution < 1.29 is 13.2 Å². The molecule has 2 fully saturated rings. The van der Waals surface area contributed by atoms with Crippen LogP contribution in [0.3, 0.4) is 0 Å². The summed E-state index contributed by atoms with van der Waals surface area (Å²) in [6.45, 7) is 0. The molecule has 0 N–H and O–H groups in total. The molecule has 2 aliphatic heterocycles. The van der Waals surface area contributed by atoms with Crippen LogP contribution in [-0.4, -0.2) is 42.3 Å². The Morgan fingerprint density at radius 1 is 1.16 bits per heavy atom. The minimum absolute atomic E-state index is 0.0708. The van der Waals surface area contributed by atoms with Gasteiger partial charge in [0.05, 0.1) is 24.0 Å². The number of sulfone groups is 1. The number of aliphatic imine (C=N–C) groups is 1. The molecular weight excluding hydrogens is 376 g/mol. The topological polar surface area (TPSA) is 66.8 Å². The van der Waals surface area contributed by atoms with Crippen LogP contribution < -0.4 is 4.90 Å². The van der Waals surface area contributed by atoms with E-state index in [1.807, 2.05) is 52.7 Å². The van der Waals surface area contributed by atoms with Gasteiger partial charge < -0.3 is 4.90 Å². The second-order valence-corrected chi connectivity index (χ2v) is 10.4. The lowest BCUT2D eigenvalue weighted by molar-refractivity contribution is -0.117. The Labute approximate surface area is 154 Å². The van der Waals surface area contributed by atoms with Crippen molar-refractivity contribution in [2.24, 2.45) is 4.99 Å². The Kier molecular flexibility index (Phi) is 4.43. The van der Waals surface area contributed by atoms with Crippen molar-refractivity contribution in [3.05, 3.63) is 52.7 Å². The van der Waals surface area contributed by atoms with Gasteiger partial charge in [0.25, 0.3) is 5.91 Å². The Morgan fingerprint density at radius 3 is 2.68 bits per heavy atom. The first-order valence-corrected chi connectivity index (χ1v) is 11.5. The van der Waals surface area contributed by atoms with Crippen LogP contribution in [0.2, 0.25) is 0 Å². The Morgan fingerprint density at radius 2 is 1.96 bits per heavy atom. The lowest BCUT2D eigenvalue weighted by atomic mass is 10.2. The van der Waals surface area contributed by atoms with E-state index in [-0.39, 0.29) is 35.1 Å². The number of benzene rings is 1. The molecule has 2 atom stereocenters. The van der Waals surface area contributed by atoms with Crippen molar-refractivity contribution in [1.29, 1.82) is 0 Å². The zero-order valence-corrected chi connectivity index (χ0v) is 15.7. The lowest BCUT2D eigenvalue weighted by Crippen LogP contribution is -2.37. The fourth-order valence-electron chi connectivity index (χ4n) is 3.16. The number of para-hydroxylation sites is 1. The number of amidine groups is 1. The van der Waals surface area contributed by atoms with Crippen molar-refractivity contribution in [2.75, 3.05) is 16.4 Å². The van der Waals surface area contributed by atoms with Crippen molar-refractivity contribution in [3.63, 3.8) is 0 Å². The molecule has 25 heavy (non-hydrogen) atoms. The highest BCUT2D eigenvalue weighted by Gasteiger charge is 2.49. The van der Waals surface area contributed by atoms with E-state index in [1.54, 1.807) is 0 Å². The van der Waals surface area contributed by atoms with E-state index in [2.05, 4.69) is 4.99 Å². The van der Waals surface area contributed by atoms with Gasteiger partial charge in [-0.25, -0.2) is 8.42 Å². The van der Waals surface area contributed by atoms with Gasteiger partial charge in [-0.15, -0.1) is 11.3 Å². The van der Waals surface area contributed by atoms with E-state index in [0.717, 1.165) is 10.6 Å². The number of amides is 1. The predicted molar refractivity (Wildman–Crippen MR) is 103 cm³/mol. The summed E-state index contributed by atoms with van der Waals surface area (Å²) in [4.78, 5) is 19.6. The van der Waals surface area contributed by atoms with Crippen molar-refractivity contribution in [3.8, 4) is 0 Å². The number of thioether (sulfide) groups is 1. The second kappa shape index (κ2) is 6.59. The number of fused-ring (bicyclic) bond motifs is 1. The molecule has 5 nitrogen and oxygen atoms in total. The van der Waals surface area contributed by atoms with Gasteiger partial charge in [0.15, 0.2) is 15.0 Å². The van der Waals surface area contributed by atoms with Gasteiger partial charge in [-0.3, -0.25) is 4.79 Å². The summed E-state index contributed by atoms with van der Waals surface area (Å²) in [5.41, 5.74) is 0.877. The van der Waals surface area contributed by atoms with E-state index < -0.39 is 9.84 Å². The zero-order valence-electron chi connectivity index (χ0n) is 13.2.